The minimum atomic E-state index is -0.607. The number of para-hydroxylation sites is 1. The summed E-state index contributed by atoms with van der Waals surface area (Å²) in [4.78, 5) is 20.3. The first-order valence-corrected chi connectivity index (χ1v) is 8.50. The Morgan fingerprint density at radius 1 is 1.18 bits per heavy atom. The average molecular weight is 377 g/mol. The molecule has 1 N–H and O–H groups in total. The molecule has 0 saturated carbocycles. The second-order valence-electron chi connectivity index (χ2n) is 6.18. The van der Waals surface area contributed by atoms with E-state index in [4.69, 9.17) is 4.74 Å². The van der Waals surface area contributed by atoms with E-state index in [0.717, 1.165) is 0 Å². The molecule has 0 radical (unpaired) electrons. The van der Waals surface area contributed by atoms with Gasteiger partial charge in [-0.3, -0.25) is 9.48 Å². The molecule has 2 aromatic heterocycles. The molecule has 0 aliphatic rings. The molecule has 0 spiro atoms. The van der Waals surface area contributed by atoms with E-state index in [1.165, 1.54) is 31.5 Å². The van der Waals surface area contributed by atoms with Gasteiger partial charge in [-0.25, -0.2) is 14.4 Å². The van der Waals surface area contributed by atoms with Gasteiger partial charge in [-0.1, -0.05) is 6.07 Å². The Balaban J connectivity index is 1.74. The first kappa shape index (κ1) is 17.6. The summed E-state index contributed by atoms with van der Waals surface area (Å²) in [5.74, 6) is 0.528. The van der Waals surface area contributed by atoms with Gasteiger partial charge in [-0.05, 0) is 37.3 Å². The van der Waals surface area contributed by atoms with Crippen molar-refractivity contribution in [2.24, 2.45) is 7.05 Å². The summed E-state index contributed by atoms with van der Waals surface area (Å²) in [6.45, 7) is 1.37. The number of carbonyl (C=O) groups excluding carboxylic acids is 1. The lowest BCUT2D eigenvalue weighted by Gasteiger charge is -2.12. The van der Waals surface area contributed by atoms with Crippen molar-refractivity contribution in [1.29, 1.82) is 0 Å². The van der Waals surface area contributed by atoms with Gasteiger partial charge in [0.25, 0.3) is 0 Å². The number of anilines is 2. The van der Waals surface area contributed by atoms with Crippen LogP contribution < -0.4 is 10.1 Å². The largest absolute Gasteiger partial charge is 0.453 e. The Kier molecular flexibility index (Phi) is 4.44. The highest BCUT2D eigenvalue weighted by Crippen LogP contribution is 2.32. The number of carbonyl (C=O) groups is 1. The molecule has 0 amide bonds. The number of ketones is 1. The number of halogens is 1. The topological polar surface area (TPSA) is 81.9 Å². The highest BCUT2D eigenvalue weighted by molar-refractivity contribution is 5.97. The molecule has 140 valence electrons. The van der Waals surface area contributed by atoms with Crippen molar-refractivity contribution in [3.63, 3.8) is 0 Å². The molecule has 0 aliphatic carbocycles. The number of benzene rings is 2. The van der Waals surface area contributed by atoms with E-state index in [0.29, 0.717) is 28.3 Å². The van der Waals surface area contributed by atoms with Crippen molar-refractivity contribution in [3.8, 4) is 11.5 Å². The maximum absolute atomic E-state index is 14.3. The molecule has 4 rings (SSSR count). The molecule has 0 atom stereocenters. The maximum Gasteiger partial charge on any atom is 0.173 e. The van der Waals surface area contributed by atoms with Gasteiger partial charge >= 0.3 is 0 Å². The number of hydrogen-bond donors (Lipinski definition) is 1. The van der Waals surface area contributed by atoms with Gasteiger partial charge in [0.05, 0.1) is 11.1 Å². The van der Waals surface area contributed by atoms with Gasteiger partial charge in [0, 0.05) is 24.7 Å². The highest BCUT2D eigenvalue weighted by Gasteiger charge is 2.15. The van der Waals surface area contributed by atoms with Crippen LogP contribution in [0.4, 0.5) is 16.0 Å². The second-order valence-corrected chi connectivity index (χ2v) is 6.18. The van der Waals surface area contributed by atoms with Crippen LogP contribution in [0.1, 0.15) is 17.3 Å². The zero-order valence-corrected chi connectivity index (χ0v) is 15.2. The summed E-state index contributed by atoms with van der Waals surface area (Å²) >= 11 is 0. The molecule has 0 unspecified atom stereocenters. The summed E-state index contributed by atoms with van der Waals surface area (Å²) < 4.78 is 21.6. The quantitative estimate of drug-likeness (QED) is 0.524. The minimum Gasteiger partial charge on any atom is -0.453 e. The van der Waals surface area contributed by atoms with Crippen LogP contribution in [-0.4, -0.2) is 25.5 Å². The molecule has 0 saturated heterocycles. The van der Waals surface area contributed by atoms with E-state index in [-0.39, 0.29) is 17.1 Å². The number of aromatic nitrogens is 4. The molecule has 0 fully saturated rings. The van der Waals surface area contributed by atoms with Crippen LogP contribution in [0.5, 0.6) is 11.5 Å². The lowest BCUT2D eigenvalue weighted by atomic mass is 10.1. The van der Waals surface area contributed by atoms with Crippen molar-refractivity contribution < 1.29 is 13.9 Å². The van der Waals surface area contributed by atoms with Gasteiger partial charge in [0.1, 0.15) is 17.9 Å². The highest BCUT2D eigenvalue weighted by atomic mass is 19.1. The summed E-state index contributed by atoms with van der Waals surface area (Å²) in [5, 5.41) is 8.08. The Morgan fingerprint density at radius 2 is 2.04 bits per heavy atom. The number of hydrogen-bond acceptors (Lipinski definition) is 6. The van der Waals surface area contributed by atoms with Gasteiger partial charge in [-0.15, -0.1) is 0 Å². The summed E-state index contributed by atoms with van der Waals surface area (Å²) in [5.41, 5.74) is 0.859. The molecule has 7 nitrogen and oxygen atoms in total. The lowest BCUT2D eigenvalue weighted by molar-refractivity contribution is 0.101. The fraction of sp³-hybridized carbons (Fsp3) is 0.100. The van der Waals surface area contributed by atoms with E-state index in [1.54, 1.807) is 22.9 Å². The number of ether oxygens (including phenoxy) is 1. The molecule has 0 aliphatic heterocycles. The average Bonchev–Trinajstić information content (AvgIpc) is 3.08. The fourth-order valence-electron chi connectivity index (χ4n) is 2.81. The number of aryl methyl sites for hydroxylation is 1. The van der Waals surface area contributed by atoms with E-state index < -0.39 is 5.82 Å². The third kappa shape index (κ3) is 3.39. The van der Waals surface area contributed by atoms with Crippen molar-refractivity contribution in [3.05, 3.63) is 66.4 Å². The Labute approximate surface area is 159 Å². The standard InChI is InChI=1S/C20H16FN5O2/c1-12(27)14-4-3-5-16(21)19(14)28-13-6-7-17-15(10-13)20(23-11-22-17)24-18-8-9-26(2)25-18/h3-11H,1-2H3,(H,22,23,24,25). The Morgan fingerprint density at radius 3 is 2.79 bits per heavy atom. The van der Waals surface area contributed by atoms with Crippen LogP contribution in [0.15, 0.2) is 55.0 Å². The van der Waals surface area contributed by atoms with Gasteiger partial charge in [-0.2, -0.15) is 5.10 Å². The molecule has 0 bridgehead atoms. The van der Waals surface area contributed by atoms with Crippen molar-refractivity contribution in [1.82, 2.24) is 19.7 Å². The molecule has 2 heterocycles. The van der Waals surface area contributed by atoms with E-state index in [2.05, 4.69) is 20.4 Å². The number of fused-ring (bicyclic) bond motifs is 1. The normalized spacial score (nSPS) is 10.8. The lowest BCUT2D eigenvalue weighted by Crippen LogP contribution is -2.00. The SMILES string of the molecule is CC(=O)c1cccc(F)c1Oc1ccc2ncnc(Nc3ccn(C)n3)c2c1. The number of nitrogens with one attached hydrogen (secondary N) is 1. The van der Waals surface area contributed by atoms with Crippen LogP contribution in [0.2, 0.25) is 0 Å². The van der Waals surface area contributed by atoms with E-state index in [1.807, 2.05) is 19.3 Å². The number of rotatable bonds is 5. The zero-order valence-electron chi connectivity index (χ0n) is 15.2. The molecule has 2 aromatic carbocycles. The van der Waals surface area contributed by atoms with Gasteiger partial charge < -0.3 is 10.1 Å². The predicted molar refractivity (Wildman–Crippen MR) is 103 cm³/mol. The zero-order chi connectivity index (χ0) is 19.7. The van der Waals surface area contributed by atoms with Gasteiger partial charge in [0.2, 0.25) is 0 Å². The third-order valence-electron chi connectivity index (χ3n) is 4.13. The van der Waals surface area contributed by atoms with Crippen molar-refractivity contribution >= 4 is 28.3 Å². The third-order valence-corrected chi connectivity index (χ3v) is 4.13. The van der Waals surface area contributed by atoms with E-state index >= 15 is 0 Å². The summed E-state index contributed by atoms with van der Waals surface area (Å²) in [6.07, 6.45) is 3.25. The van der Waals surface area contributed by atoms with Crippen LogP contribution in [0.25, 0.3) is 10.9 Å². The summed E-state index contributed by atoms with van der Waals surface area (Å²) in [7, 11) is 1.82. The monoisotopic (exact) mass is 377 g/mol. The Bertz CT molecular complexity index is 1190. The molecule has 4 aromatic rings. The number of nitrogens with zero attached hydrogens (tertiary/aromatic N) is 4. The van der Waals surface area contributed by atoms with E-state index in [9.17, 15) is 9.18 Å². The van der Waals surface area contributed by atoms with Crippen LogP contribution >= 0.6 is 0 Å². The maximum atomic E-state index is 14.3. The molecular formula is C20H16FN5O2. The predicted octanol–water partition coefficient (Wildman–Crippen LogP) is 4.24. The Hall–Kier alpha value is -3.81. The first-order chi connectivity index (χ1) is 13.5. The molecule has 8 heteroatoms. The first-order valence-electron chi connectivity index (χ1n) is 8.50. The van der Waals surface area contributed by atoms with Crippen molar-refractivity contribution in [2.75, 3.05) is 5.32 Å². The van der Waals surface area contributed by atoms with Crippen LogP contribution in [0, 0.1) is 5.82 Å². The second kappa shape index (κ2) is 7.07. The smallest absolute Gasteiger partial charge is 0.173 e. The van der Waals surface area contributed by atoms with Crippen molar-refractivity contribution in [2.45, 2.75) is 6.92 Å². The van der Waals surface area contributed by atoms with Crippen LogP contribution in [-0.2, 0) is 7.05 Å². The van der Waals surface area contributed by atoms with Gasteiger partial charge in [0.15, 0.2) is 23.2 Å². The molecule has 28 heavy (non-hydrogen) atoms. The minimum absolute atomic E-state index is 0.106. The molecular weight excluding hydrogens is 361 g/mol. The fourth-order valence-corrected chi connectivity index (χ4v) is 2.81. The van der Waals surface area contributed by atoms with Crippen LogP contribution in [0.3, 0.4) is 0 Å². The summed E-state index contributed by atoms with van der Waals surface area (Å²) in [6, 6.07) is 11.2. The number of Topliss-reactive ketones (excluding diaryl/α,β-unsaturated/α-hetero) is 1.